The molecule has 1 unspecified atom stereocenters. The van der Waals surface area contributed by atoms with Crippen LogP contribution in [0.3, 0.4) is 0 Å². The van der Waals surface area contributed by atoms with Gasteiger partial charge < -0.3 is 0 Å². The van der Waals surface area contributed by atoms with Gasteiger partial charge in [-0.25, -0.2) is 0 Å². The minimum atomic E-state index is 0.419. The van der Waals surface area contributed by atoms with Crippen molar-refractivity contribution in [3.63, 3.8) is 0 Å². The highest BCUT2D eigenvalue weighted by molar-refractivity contribution is 5.81. The largest absolute Gasteiger partial charge is 0.299 e. The van der Waals surface area contributed by atoms with E-state index in [0.29, 0.717) is 17.6 Å². The summed E-state index contributed by atoms with van der Waals surface area (Å²) in [4.78, 5) is 11.8. The Bertz CT molecular complexity index is 157. The number of rotatable bonds is 4. The van der Waals surface area contributed by atoms with Gasteiger partial charge in [0, 0.05) is 12.3 Å². The fourth-order valence-corrected chi connectivity index (χ4v) is 2.08. The molecular weight excluding hydrogens is 160 g/mol. The monoisotopic (exact) mass is 182 g/mol. The van der Waals surface area contributed by atoms with Crippen molar-refractivity contribution in [2.75, 3.05) is 0 Å². The van der Waals surface area contributed by atoms with Crippen LogP contribution in [-0.2, 0) is 4.79 Å². The molecule has 1 saturated carbocycles. The maximum Gasteiger partial charge on any atom is 0.136 e. The Morgan fingerprint density at radius 1 is 1.31 bits per heavy atom. The first-order valence-electron chi connectivity index (χ1n) is 5.76. The van der Waals surface area contributed by atoms with Crippen molar-refractivity contribution in [3.8, 4) is 0 Å². The van der Waals surface area contributed by atoms with Crippen LogP contribution in [0.15, 0.2) is 0 Å². The number of carbonyl (C=O) groups excluding carboxylic acids is 1. The second kappa shape index (κ2) is 5.41. The van der Waals surface area contributed by atoms with Gasteiger partial charge in [-0.2, -0.15) is 0 Å². The van der Waals surface area contributed by atoms with Crippen LogP contribution in [0.5, 0.6) is 0 Å². The third-order valence-electron chi connectivity index (χ3n) is 3.31. The van der Waals surface area contributed by atoms with Crippen LogP contribution in [-0.4, -0.2) is 5.78 Å². The molecule has 76 valence electrons. The van der Waals surface area contributed by atoms with Gasteiger partial charge in [0.2, 0.25) is 0 Å². The average Bonchev–Trinajstić information content (AvgIpc) is 2.19. The van der Waals surface area contributed by atoms with E-state index in [9.17, 15) is 4.79 Å². The molecule has 0 aromatic heterocycles. The lowest BCUT2D eigenvalue weighted by atomic mass is 9.83. The molecular formula is C12H22O. The number of hydrogen-bond donors (Lipinski definition) is 0. The summed E-state index contributed by atoms with van der Waals surface area (Å²) in [5, 5.41) is 0. The van der Waals surface area contributed by atoms with Crippen molar-refractivity contribution >= 4 is 5.78 Å². The highest BCUT2D eigenvalue weighted by atomic mass is 16.1. The van der Waals surface area contributed by atoms with E-state index < -0.39 is 0 Å². The van der Waals surface area contributed by atoms with Crippen molar-refractivity contribution in [1.29, 1.82) is 0 Å². The van der Waals surface area contributed by atoms with E-state index in [0.717, 1.165) is 25.7 Å². The standard InChI is InChI=1S/C12H22O/c1-3-10(2)9-12(13)11-7-5-4-6-8-11/h10-11H,3-9H2,1-2H3. The van der Waals surface area contributed by atoms with E-state index in [1.54, 1.807) is 0 Å². The second-order valence-electron chi connectivity index (χ2n) is 4.52. The van der Waals surface area contributed by atoms with Crippen LogP contribution >= 0.6 is 0 Å². The molecule has 0 aromatic carbocycles. The SMILES string of the molecule is CCC(C)CC(=O)C1CCCCC1. The van der Waals surface area contributed by atoms with E-state index >= 15 is 0 Å². The summed E-state index contributed by atoms with van der Waals surface area (Å²) in [5.74, 6) is 1.55. The highest BCUT2D eigenvalue weighted by Crippen LogP contribution is 2.26. The summed E-state index contributed by atoms with van der Waals surface area (Å²) < 4.78 is 0. The summed E-state index contributed by atoms with van der Waals surface area (Å²) >= 11 is 0. The maximum absolute atomic E-state index is 11.8. The average molecular weight is 182 g/mol. The van der Waals surface area contributed by atoms with Crippen LogP contribution in [0, 0.1) is 11.8 Å². The van der Waals surface area contributed by atoms with Crippen LogP contribution in [0.2, 0.25) is 0 Å². The Morgan fingerprint density at radius 3 is 2.46 bits per heavy atom. The topological polar surface area (TPSA) is 17.1 Å². The van der Waals surface area contributed by atoms with Crippen molar-refractivity contribution < 1.29 is 4.79 Å². The molecule has 1 rings (SSSR count). The third-order valence-corrected chi connectivity index (χ3v) is 3.31. The summed E-state index contributed by atoms with van der Waals surface area (Å²) in [6.45, 7) is 4.35. The van der Waals surface area contributed by atoms with E-state index in [1.165, 1.54) is 19.3 Å². The molecule has 1 atom stereocenters. The van der Waals surface area contributed by atoms with Gasteiger partial charge in [0.05, 0.1) is 0 Å². The molecule has 0 saturated heterocycles. The summed E-state index contributed by atoms with van der Waals surface area (Å²) in [6.07, 6.45) is 8.17. The van der Waals surface area contributed by atoms with E-state index in [2.05, 4.69) is 13.8 Å². The normalized spacial score (nSPS) is 21.4. The number of ketones is 1. The van der Waals surface area contributed by atoms with Crippen LogP contribution in [0.25, 0.3) is 0 Å². The van der Waals surface area contributed by atoms with Gasteiger partial charge in [0.1, 0.15) is 5.78 Å². The molecule has 1 nitrogen and oxygen atoms in total. The lowest BCUT2D eigenvalue weighted by molar-refractivity contribution is -0.124. The Kier molecular flexibility index (Phi) is 4.47. The van der Waals surface area contributed by atoms with Crippen molar-refractivity contribution in [2.45, 2.75) is 58.8 Å². The second-order valence-corrected chi connectivity index (χ2v) is 4.52. The molecule has 1 fully saturated rings. The first-order chi connectivity index (χ1) is 6.24. The van der Waals surface area contributed by atoms with Crippen molar-refractivity contribution in [1.82, 2.24) is 0 Å². The smallest absolute Gasteiger partial charge is 0.136 e. The predicted octanol–water partition coefficient (Wildman–Crippen LogP) is 3.57. The number of Topliss-reactive ketones (excluding diaryl/α,β-unsaturated/α-hetero) is 1. The minimum absolute atomic E-state index is 0.419. The van der Waals surface area contributed by atoms with Crippen molar-refractivity contribution in [3.05, 3.63) is 0 Å². The molecule has 0 spiro atoms. The Labute approximate surface area is 81.9 Å². The van der Waals surface area contributed by atoms with Crippen LogP contribution < -0.4 is 0 Å². The Balaban J connectivity index is 2.29. The van der Waals surface area contributed by atoms with E-state index in [4.69, 9.17) is 0 Å². The maximum atomic E-state index is 11.8. The third kappa shape index (κ3) is 3.50. The fraction of sp³-hybridized carbons (Fsp3) is 0.917. The van der Waals surface area contributed by atoms with E-state index in [1.807, 2.05) is 0 Å². The highest BCUT2D eigenvalue weighted by Gasteiger charge is 2.21. The zero-order valence-electron chi connectivity index (χ0n) is 9.01. The summed E-state index contributed by atoms with van der Waals surface area (Å²) in [7, 11) is 0. The van der Waals surface area contributed by atoms with Crippen LogP contribution in [0.1, 0.15) is 58.8 Å². The van der Waals surface area contributed by atoms with Crippen molar-refractivity contribution in [2.24, 2.45) is 11.8 Å². The molecule has 1 aliphatic carbocycles. The summed E-state index contributed by atoms with van der Waals surface area (Å²) in [5.41, 5.74) is 0. The first-order valence-corrected chi connectivity index (χ1v) is 5.76. The summed E-state index contributed by atoms with van der Waals surface area (Å²) in [6, 6.07) is 0. The zero-order chi connectivity index (χ0) is 9.68. The van der Waals surface area contributed by atoms with E-state index in [-0.39, 0.29) is 0 Å². The molecule has 0 N–H and O–H groups in total. The molecule has 0 heterocycles. The van der Waals surface area contributed by atoms with Crippen LogP contribution in [0.4, 0.5) is 0 Å². The quantitative estimate of drug-likeness (QED) is 0.649. The number of carbonyl (C=O) groups is 1. The molecule has 1 aliphatic rings. The lowest BCUT2D eigenvalue weighted by Gasteiger charge is -2.21. The lowest BCUT2D eigenvalue weighted by Crippen LogP contribution is -2.19. The number of hydrogen-bond acceptors (Lipinski definition) is 1. The van der Waals surface area contributed by atoms with Gasteiger partial charge in [-0.15, -0.1) is 0 Å². The molecule has 0 bridgehead atoms. The van der Waals surface area contributed by atoms with Gasteiger partial charge in [-0.1, -0.05) is 39.5 Å². The van der Waals surface area contributed by atoms with Gasteiger partial charge in [-0.05, 0) is 18.8 Å². The first kappa shape index (κ1) is 10.7. The van der Waals surface area contributed by atoms with Gasteiger partial charge >= 0.3 is 0 Å². The molecule has 0 amide bonds. The zero-order valence-corrected chi connectivity index (χ0v) is 9.01. The Morgan fingerprint density at radius 2 is 1.92 bits per heavy atom. The Hall–Kier alpha value is -0.330. The fourth-order valence-electron chi connectivity index (χ4n) is 2.08. The van der Waals surface area contributed by atoms with Gasteiger partial charge in [-0.3, -0.25) is 4.79 Å². The molecule has 0 radical (unpaired) electrons. The minimum Gasteiger partial charge on any atom is -0.299 e. The predicted molar refractivity (Wildman–Crippen MR) is 55.7 cm³/mol. The molecule has 0 aliphatic heterocycles. The van der Waals surface area contributed by atoms with Gasteiger partial charge in [0.15, 0.2) is 0 Å². The molecule has 0 aromatic rings. The molecule has 13 heavy (non-hydrogen) atoms. The van der Waals surface area contributed by atoms with Gasteiger partial charge in [0.25, 0.3) is 0 Å². The molecule has 1 heteroatoms.